The van der Waals surface area contributed by atoms with Gasteiger partial charge in [0.2, 0.25) is 17.7 Å². The fourth-order valence-electron chi connectivity index (χ4n) is 7.12. The number of esters is 1. The van der Waals surface area contributed by atoms with Crippen molar-refractivity contribution in [2.75, 3.05) is 16.3 Å². The van der Waals surface area contributed by atoms with Gasteiger partial charge in [0.25, 0.3) is 0 Å². The first-order valence-corrected chi connectivity index (χ1v) is 13.2. The van der Waals surface area contributed by atoms with Crippen LogP contribution in [-0.4, -0.2) is 30.2 Å². The SMILES string of the molecule is CCc1ccc(N2C[C@H](C(=O)Oc3cccc(N4C(=O)[C@@H]5[C@H]6C=C[C@@H]([C@@H]7C[C@@H]67)[C@@H]5C4=O)c3)CC2=O)cc1. The molecule has 2 saturated carbocycles. The lowest BCUT2D eigenvalue weighted by molar-refractivity contribution is -0.139. The summed E-state index contributed by atoms with van der Waals surface area (Å²) in [5.41, 5.74) is 2.39. The third kappa shape index (κ3) is 3.40. The Morgan fingerprint density at radius 1 is 0.919 bits per heavy atom. The lowest BCUT2D eigenvalue weighted by Gasteiger charge is -2.37. The Bertz CT molecular complexity index is 1330. The summed E-state index contributed by atoms with van der Waals surface area (Å²) in [6, 6.07) is 14.4. The van der Waals surface area contributed by atoms with Crippen LogP contribution in [0.1, 0.15) is 25.3 Å². The van der Waals surface area contributed by atoms with Crippen molar-refractivity contribution in [1.29, 1.82) is 0 Å². The lowest BCUT2D eigenvalue weighted by atomic mass is 9.63. The van der Waals surface area contributed by atoms with Gasteiger partial charge in [-0.3, -0.25) is 19.2 Å². The molecule has 2 heterocycles. The summed E-state index contributed by atoms with van der Waals surface area (Å²) in [5, 5.41) is 0. The molecule has 2 bridgehead atoms. The van der Waals surface area contributed by atoms with Crippen LogP contribution in [0.2, 0.25) is 0 Å². The van der Waals surface area contributed by atoms with E-state index in [1.807, 2.05) is 24.3 Å². The van der Waals surface area contributed by atoms with Crippen LogP contribution in [0.3, 0.4) is 0 Å². The van der Waals surface area contributed by atoms with Crippen LogP contribution < -0.4 is 14.5 Å². The van der Waals surface area contributed by atoms with Crippen molar-refractivity contribution in [2.45, 2.75) is 26.2 Å². The van der Waals surface area contributed by atoms with Crippen LogP contribution in [0.15, 0.2) is 60.7 Å². The average molecular weight is 497 g/mol. The number of allylic oxidation sites excluding steroid dienone is 2. The van der Waals surface area contributed by atoms with Crippen molar-refractivity contribution < 1.29 is 23.9 Å². The summed E-state index contributed by atoms with van der Waals surface area (Å²) < 4.78 is 5.66. The number of hydrogen-bond donors (Lipinski definition) is 0. The number of carbonyl (C=O) groups excluding carboxylic acids is 4. The monoisotopic (exact) mass is 496 g/mol. The summed E-state index contributed by atoms with van der Waals surface area (Å²) >= 11 is 0. The standard InChI is InChI=1S/C30H28N2O5/c1-2-16-6-8-18(9-7-16)31-15-17(12-25(31)33)30(36)37-20-5-3-4-19(13-20)32-28(34)26-21-10-11-22(24-14-23(21)24)27(26)29(32)35/h3-11,13,17,21-24,26-27H,2,12,14-15H2,1H3/t17-,21+,22+,23+,24+,26-,27+/m1/s1. The Morgan fingerprint density at radius 2 is 1.59 bits per heavy atom. The Hall–Kier alpha value is -3.74. The zero-order chi connectivity index (χ0) is 25.4. The molecular formula is C30H28N2O5. The van der Waals surface area contributed by atoms with E-state index < -0.39 is 11.9 Å². The van der Waals surface area contributed by atoms with E-state index in [1.165, 1.54) is 10.5 Å². The van der Waals surface area contributed by atoms with Crippen LogP contribution in [0.5, 0.6) is 5.75 Å². The number of nitrogens with zero attached hydrogens (tertiary/aromatic N) is 2. The predicted octanol–water partition coefficient (Wildman–Crippen LogP) is 3.77. The largest absolute Gasteiger partial charge is 0.426 e. The second-order valence-electron chi connectivity index (χ2n) is 11.0. The van der Waals surface area contributed by atoms with Gasteiger partial charge in [-0.1, -0.05) is 37.3 Å². The van der Waals surface area contributed by atoms with E-state index in [0.29, 0.717) is 17.5 Å². The number of aryl methyl sites for hydroxylation is 1. The molecule has 7 heteroatoms. The van der Waals surface area contributed by atoms with Gasteiger partial charge >= 0.3 is 5.97 Å². The molecule has 37 heavy (non-hydrogen) atoms. The minimum Gasteiger partial charge on any atom is -0.426 e. The van der Waals surface area contributed by atoms with E-state index in [-0.39, 0.29) is 60.1 Å². The zero-order valence-corrected chi connectivity index (χ0v) is 20.6. The minimum atomic E-state index is -0.589. The fourth-order valence-corrected chi connectivity index (χ4v) is 7.12. The van der Waals surface area contributed by atoms with E-state index >= 15 is 0 Å². The highest BCUT2D eigenvalue weighted by Crippen LogP contribution is 2.65. The molecular weight excluding hydrogens is 468 g/mol. The number of hydrogen-bond acceptors (Lipinski definition) is 5. The second-order valence-corrected chi connectivity index (χ2v) is 11.0. The highest BCUT2D eigenvalue weighted by Gasteiger charge is 2.67. The number of amides is 3. The van der Waals surface area contributed by atoms with Gasteiger partial charge in [-0.15, -0.1) is 0 Å². The van der Waals surface area contributed by atoms with Gasteiger partial charge in [-0.05, 0) is 66.3 Å². The molecule has 188 valence electrons. The van der Waals surface area contributed by atoms with Gasteiger partial charge in [-0.2, -0.15) is 0 Å². The molecule has 0 N–H and O–H groups in total. The fraction of sp³-hybridized carbons (Fsp3) is 0.400. The molecule has 0 unspecified atom stereocenters. The highest BCUT2D eigenvalue weighted by molar-refractivity contribution is 6.22. The molecule has 2 aromatic carbocycles. The second kappa shape index (κ2) is 8.13. The smallest absolute Gasteiger partial charge is 0.316 e. The average Bonchev–Trinajstić information content (AvgIpc) is 3.59. The molecule has 7 atom stereocenters. The van der Waals surface area contributed by atoms with E-state index in [1.54, 1.807) is 29.2 Å². The molecule has 2 saturated heterocycles. The van der Waals surface area contributed by atoms with E-state index in [2.05, 4.69) is 19.1 Å². The molecule has 3 amide bonds. The van der Waals surface area contributed by atoms with Crippen molar-refractivity contribution in [3.05, 3.63) is 66.2 Å². The molecule has 2 aromatic rings. The van der Waals surface area contributed by atoms with Crippen LogP contribution in [0.4, 0.5) is 11.4 Å². The molecule has 0 radical (unpaired) electrons. The predicted molar refractivity (Wildman–Crippen MR) is 136 cm³/mol. The third-order valence-corrected chi connectivity index (χ3v) is 9.07. The van der Waals surface area contributed by atoms with Crippen molar-refractivity contribution in [3.63, 3.8) is 0 Å². The van der Waals surface area contributed by atoms with Gasteiger partial charge in [-0.25, -0.2) is 4.90 Å². The Labute approximate surface area is 215 Å². The normalized spacial score (nSPS) is 33.1. The first-order valence-electron chi connectivity index (χ1n) is 13.2. The molecule has 0 spiro atoms. The van der Waals surface area contributed by atoms with Gasteiger partial charge in [0.1, 0.15) is 5.75 Å². The van der Waals surface area contributed by atoms with Crippen LogP contribution in [0, 0.1) is 41.4 Å². The van der Waals surface area contributed by atoms with E-state index in [4.69, 9.17) is 4.74 Å². The Kier molecular flexibility index (Phi) is 4.94. The lowest BCUT2D eigenvalue weighted by Crippen LogP contribution is -2.40. The quantitative estimate of drug-likeness (QED) is 0.272. The maximum atomic E-state index is 13.4. The Morgan fingerprint density at radius 3 is 2.24 bits per heavy atom. The van der Waals surface area contributed by atoms with Gasteiger partial charge < -0.3 is 9.64 Å². The number of carbonyl (C=O) groups is 4. The van der Waals surface area contributed by atoms with Crippen molar-refractivity contribution in [3.8, 4) is 5.75 Å². The van der Waals surface area contributed by atoms with Crippen molar-refractivity contribution in [2.24, 2.45) is 41.4 Å². The van der Waals surface area contributed by atoms with E-state index in [0.717, 1.165) is 18.5 Å². The Balaban J connectivity index is 1.06. The van der Waals surface area contributed by atoms with Gasteiger partial charge in [0.05, 0.1) is 23.4 Å². The number of ether oxygens (including phenoxy) is 1. The zero-order valence-electron chi connectivity index (χ0n) is 20.6. The highest BCUT2D eigenvalue weighted by atomic mass is 16.5. The first kappa shape index (κ1) is 22.5. The van der Waals surface area contributed by atoms with Gasteiger partial charge in [0.15, 0.2) is 0 Å². The molecule has 6 aliphatic rings. The minimum absolute atomic E-state index is 0.0820. The molecule has 7 nitrogen and oxygen atoms in total. The maximum Gasteiger partial charge on any atom is 0.316 e. The summed E-state index contributed by atoms with van der Waals surface area (Å²) in [5.74, 6) is -0.384. The number of imide groups is 1. The number of benzene rings is 2. The molecule has 0 aromatic heterocycles. The third-order valence-electron chi connectivity index (χ3n) is 9.07. The number of anilines is 2. The topological polar surface area (TPSA) is 84.0 Å². The van der Waals surface area contributed by atoms with Crippen molar-refractivity contribution >= 4 is 35.1 Å². The summed E-state index contributed by atoms with van der Waals surface area (Å²) in [4.78, 5) is 55.4. The summed E-state index contributed by atoms with van der Waals surface area (Å²) in [6.07, 6.45) is 6.41. The first-order chi connectivity index (χ1) is 17.9. The summed E-state index contributed by atoms with van der Waals surface area (Å²) in [6.45, 7) is 2.33. The molecule has 2 aliphatic heterocycles. The maximum absolute atomic E-state index is 13.4. The molecule has 4 aliphatic carbocycles. The molecule has 8 rings (SSSR count). The molecule has 4 fully saturated rings. The van der Waals surface area contributed by atoms with Crippen LogP contribution in [-0.2, 0) is 25.6 Å². The van der Waals surface area contributed by atoms with Crippen LogP contribution in [0.25, 0.3) is 0 Å². The van der Waals surface area contributed by atoms with Crippen molar-refractivity contribution in [1.82, 2.24) is 0 Å². The van der Waals surface area contributed by atoms with E-state index in [9.17, 15) is 19.2 Å². The van der Waals surface area contributed by atoms with Crippen LogP contribution >= 0.6 is 0 Å². The van der Waals surface area contributed by atoms with Gasteiger partial charge in [0, 0.05) is 24.7 Å². The number of rotatable bonds is 5. The summed E-state index contributed by atoms with van der Waals surface area (Å²) in [7, 11) is 0.